The molecule has 0 aliphatic carbocycles. The van der Waals surface area contributed by atoms with Crippen molar-refractivity contribution in [3.8, 4) is 10.4 Å². The van der Waals surface area contributed by atoms with E-state index in [4.69, 9.17) is 0 Å². The first kappa shape index (κ1) is 11.4. The van der Waals surface area contributed by atoms with Gasteiger partial charge in [0.05, 0.1) is 4.21 Å². The first-order valence-corrected chi connectivity index (χ1v) is 7.00. The predicted molar refractivity (Wildman–Crippen MR) is 72.5 cm³/mol. The first-order chi connectivity index (χ1) is 7.72. The second-order valence-electron chi connectivity index (χ2n) is 3.46. The molecule has 0 saturated heterocycles. The Hall–Kier alpha value is -1.06. The number of hydrogen-bond donors (Lipinski definition) is 0. The van der Waals surface area contributed by atoms with E-state index in [1.165, 1.54) is 0 Å². The summed E-state index contributed by atoms with van der Waals surface area (Å²) in [4.78, 5) is 12.8. The van der Waals surface area contributed by atoms with Crippen molar-refractivity contribution in [2.75, 3.05) is 6.26 Å². The third kappa shape index (κ3) is 2.20. The smallest absolute Gasteiger partial charge is 0.184 e. The van der Waals surface area contributed by atoms with Gasteiger partial charge < -0.3 is 0 Å². The standard InChI is InChI=1S/C13H12OS2/c1-9-11(14)8-12(16-13(9)15-2)10-6-4-3-5-7-10/h3-8H,1-2H3. The van der Waals surface area contributed by atoms with Crippen LogP contribution in [-0.2, 0) is 0 Å². The van der Waals surface area contributed by atoms with E-state index in [2.05, 4.69) is 0 Å². The van der Waals surface area contributed by atoms with E-state index in [1.807, 2.05) is 43.5 Å². The minimum atomic E-state index is 0.127. The molecule has 16 heavy (non-hydrogen) atoms. The normalized spacial score (nSPS) is 10.4. The molecule has 0 radical (unpaired) electrons. The molecule has 2 rings (SSSR count). The summed E-state index contributed by atoms with van der Waals surface area (Å²) in [5, 5.41) is 0. The first-order valence-electron chi connectivity index (χ1n) is 4.96. The largest absolute Gasteiger partial charge is 0.290 e. The van der Waals surface area contributed by atoms with Crippen molar-refractivity contribution in [2.45, 2.75) is 11.1 Å². The van der Waals surface area contributed by atoms with Gasteiger partial charge in [0.1, 0.15) is 0 Å². The zero-order valence-corrected chi connectivity index (χ0v) is 10.8. The van der Waals surface area contributed by atoms with Crippen molar-refractivity contribution in [1.82, 2.24) is 0 Å². The molecule has 2 aromatic rings. The summed E-state index contributed by atoms with van der Waals surface area (Å²) in [5.74, 6) is 0. The molecular weight excluding hydrogens is 236 g/mol. The van der Waals surface area contributed by atoms with Crippen molar-refractivity contribution in [2.24, 2.45) is 0 Å². The molecule has 82 valence electrons. The molecule has 0 atom stereocenters. The van der Waals surface area contributed by atoms with Crippen LogP contribution in [0.25, 0.3) is 10.4 Å². The van der Waals surface area contributed by atoms with Crippen LogP contribution in [-0.4, -0.2) is 6.26 Å². The highest BCUT2D eigenvalue weighted by molar-refractivity contribution is 8.00. The van der Waals surface area contributed by atoms with Crippen molar-refractivity contribution in [3.63, 3.8) is 0 Å². The average Bonchev–Trinajstić information content (AvgIpc) is 2.33. The van der Waals surface area contributed by atoms with Crippen molar-refractivity contribution in [3.05, 3.63) is 52.2 Å². The maximum Gasteiger partial charge on any atom is 0.184 e. The van der Waals surface area contributed by atoms with Crippen LogP contribution in [0.5, 0.6) is 0 Å². The quantitative estimate of drug-likeness (QED) is 0.752. The molecule has 0 fully saturated rings. The molecule has 0 saturated carbocycles. The van der Waals surface area contributed by atoms with Crippen LogP contribution in [0.4, 0.5) is 0 Å². The van der Waals surface area contributed by atoms with Crippen molar-refractivity contribution < 1.29 is 0 Å². The molecule has 1 heterocycles. The molecule has 0 bridgehead atoms. The zero-order valence-electron chi connectivity index (χ0n) is 9.19. The molecule has 0 N–H and O–H groups in total. The average molecular weight is 248 g/mol. The van der Waals surface area contributed by atoms with Crippen molar-refractivity contribution in [1.29, 1.82) is 0 Å². The second-order valence-corrected chi connectivity index (χ2v) is 5.58. The lowest BCUT2D eigenvalue weighted by Crippen LogP contribution is -2.03. The maximum atomic E-state index is 11.8. The zero-order chi connectivity index (χ0) is 11.5. The summed E-state index contributed by atoms with van der Waals surface area (Å²) in [6.45, 7) is 1.89. The summed E-state index contributed by atoms with van der Waals surface area (Å²) in [7, 11) is 0. The van der Waals surface area contributed by atoms with Crippen LogP contribution in [0.1, 0.15) is 5.56 Å². The Morgan fingerprint density at radius 2 is 1.88 bits per heavy atom. The van der Waals surface area contributed by atoms with Crippen LogP contribution in [0.15, 0.2) is 45.4 Å². The van der Waals surface area contributed by atoms with E-state index < -0.39 is 0 Å². The lowest BCUT2D eigenvalue weighted by atomic mass is 10.2. The minimum Gasteiger partial charge on any atom is -0.290 e. The van der Waals surface area contributed by atoms with Crippen LogP contribution < -0.4 is 5.43 Å². The van der Waals surface area contributed by atoms with Gasteiger partial charge in [-0.3, -0.25) is 4.79 Å². The molecule has 1 aromatic heterocycles. The highest BCUT2D eigenvalue weighted by Gasteiger charge is 2.06. The van der Waals surface area contributed by atoms with Gasteiger partial charge in [0.2, 0.25) is 0 Å². The third-order valence-corrected chi connectivity index (χ3v) is 4.88. The lowest BCUT2D eigenvalue weighted by molar-refractivity contribution is 1.34. The number of benzene rings is 1. The molecule has 0 aliphatic rings. The molecule has 0 unspecified atom stereocenters. The van der Waals surface area contributed by atoms with Crippen LogP contribution in [0, 0.1) is 6.92 Å². The summed E-state index contributed by atoms with van der Waals surface area (Å²) >= 11 is 3.32. The fourth-order valence-corrected chi connectivity index (χ4v) is 3.36. The summed E-state index contributed by atoms with van der Waals surface area (Å²) < 4.78 is 1.10. The van der Waals surface area contributed by atoms with Crippen molar-refractivity contribution >= 4 is 23.1 Å². The van der Waals surface area contributed by atoms with E-state index >= 15 is 0 Å². The lowest BCUT2D eigenvalue weighted by Gasteiger charge is -2.04. The number of thioether (sulfide) groups is 1. The monoisotopic (exact) mass is 248 g/mol. The predicted octanol–water partition coefficient (Wildman–Crippen LogP) is 3.81. The highest BCUT2D eigenvalue weighted by Crippen LogP contribution is 2.30. The number of hydrogen-bond acceptors (Lipinski definition) is 3. The minimum absolute atomic E-state index is 0.127. The van der Waals surface area contributed by atoms with E-state index in [-0.39, 0.29) is 5.43 Å². The highest BCUT2D eigenvalue weighted by atomic mass is 32.2. The van der Waals surface area contributed by atoms with Gasteiger partial charge in [0, 0.05) is 16.5 Å². The van der Waals surface area contributed by atoms with Crippen LogP contribution in [0.2, 0.25) is 0 Å². The number of rotatable bonds is 2. The van der Waals surface area contributed by atoms with Gasteiger partial charge in [-0.05, 0) is 18.7 Å². The Labute approximate surface area is 103 Å². The molecule has 0 aliphatic heterocycles. The van der Waals surface area contributed by atoms with E-state index in [0.29, 0.717) is 0 Å². The van der Waals surface area contributed by atoms with E-state index in [1.54, 1.807) is 29.2 Å². The summed E-state index contributed by atoms with van der Waals surface area (Å²) in [5.41, 5.74) is 2.10. The second kappa shape index (κ2) is 4.85. The molecular formula is C13H12OS2. The summed E-state index contributed by atoms with van der Waals surface area (Å²) in [6, 6.07) is 11.8. The van der Waals surface area contributed by atoms with Gasteiger partial charge in [-0.15, -0.1) is 23.1 Å². The molecule has 0 spiro atoms. The van der Waals surface area contributed by atoms with Gasteiger partial charge in [-0.25, -0.2) is 0 Å². The van der Waals surface area contributed by atoms with Gasteiger partial charge >= 0.3 is 0 Å². The Morgan fingerprint density at radius 1 is 1.19 bits per heavy atom. The Morgan fingerprint density at radius 3 is 2.50 bits per heavy atom. The Balaban J connectivity index is 2.60. The third-order valence-electron chi connectivity index (χ3n) is 2.38. The molecule has 1 aromatic carbocycles. The Bertz CT molecular complexity index is 544. The topological polar surface area (TPSA) is 17.1 Å². The molecule has 3 heteroatoms. The van der Waals surface area contributed by atoms with Gasteiger partial charge in [0.25, 0.3) is 0 Å². The fraction of sp³-hybridized carbons (Fsp3) is 0.154. The molecule has 0 amide bonds. The van der Waals surface area contributed by atoms with Crippen LogP contribution in [0.3, 0.4) is 0 Å². The van der Waals surface area contributed by atoms with Gasteiger partial charge in [-0.1, -0.05) is 30.3 Å². The summed E-state index contributed by atoms with van der Waals surface area (Å²) in [6.07, 6.45) is 2.01. The van der Waals surface area contributed by atoms with Gasteiger partial charge in [0.15, 0.2) is 5.43 Å². The van der Waals surface area contributed by atoms with Crippen LogP contribution >= 0.6 is 23.1 Å². The molecule has 1 nitrogen and oxygen atoms in total. The SMILES string of the molecule is CSc1sc(-c2ccccc2)cc(=O)c1C. The van der Waals surface area contributed by atoms with E-state index in [9.17, 15) is 4.79 Å². The maximum absolute atomic E-state index is 11.8. The van der Waals surface area contributed by atoms with E-state index in [0.717, 1.165) is 20.2 Å². The fourth-order valence-electron chi connectivity index (χ4n) is 1.47. The van der Waals surface area contributed by atoms with Gasteiger partial charge in [-0.2, -0.15) is 0 Å². The Kier molecular flexibility index (Phi) is 3.46.